The maximum absolute atomic E-state index is 11.8. The molecule has 23 heavy (non-hydrogen) atoms. The second kappa shape index (κ2) is 5.64. The molecule has 0 saturated carbocycles. The van der Waals surface area contributed by atoms with E-state index in [-0.39, 0.29) is 0 Å². The molecule has 0 aliphatic heterocycles. The standard InChI is InChI=1S/C17H17N3O3/c1-20-9-13(11-6-7-19-16(22-2)15(11)20)12-8-10(17(21)23-3)4-5-14(12)18/h4-9H,18H2,1-3H3. The highest BCUT2D eigenvalue weighted by Gasteiger charge is 2.17. The van der Waals surface area contributed by atoms with Crippen molar-refractivity contribution in [1.82, 2.24) is 9.55 Å². The van der Waals surface area contributed by atoms with Gasteiger partial charge >= 0.3 is 5.97 Å². The van der Waals surface area contributed by atoms with E-state index in [1.807, 2.05) is 23.9 Å². The first-order chi connectivity index (χ1) is 11.1. The molecule has 2 heterocycles. The Morgan fingerprint density at radius 1 is 1.22 bits per heavy atom. The fraction of sp³-hybridized carbons (Fsp3) is 0.176. The summed E-state index contributed by atoms with van der Waals surface area (Å²) in [6.45, 7) is 0. The van der Waals surface area contributed by atoms with Crippen molar-refractivity contribution in [3.63, 3.8) is 0 Å². The number of aromatic nitrogens is 2. The van der Waals surface area contributed by atoms with E-state index >= 15 is 0 Å². The number of carbonyl (C=O) groups excluding carboxylic acids is 1. The molecule has 0 bridgehead atoms. The number of ether oxygens (including phenoxy) is 2. The lowest BCUT2D eigenvalue weighted by Gasteiger charge is -2.07. The van der Waals surface area contributed by atoms with Gasteiger partial charge in [0.15, 0.2) is 0 Å². The largest absolute Gasteiger partial charge is 0.479 e. The minimum atomic E-state index is -0.397. The van der Waals surface area contributed by atoms with Crippen molar-refractivity contribution in [2.75, 3.05) is 20.0 Å². The molecule has 6 nitrogen and oxygen atoms in total. The topological polar surface area (TPSA) is 79.4 Å². The lowest BCUT2D eigenvalue weighted by atomic mass is 10.0. The molecule has 1 aromatic carbocycles. The minimum Gasteiger partial charge on any atom is -0.479 e. The quantitative estimate of drug-likeness (QED) is 0.594. The van der Waals surface area contributed by atoms with Gasteiger partial charge in [0.25, 0.3) is 0 Å². The molecule has 0 aliphatic carbocycles. The number of carbonyl (C=O) groups is 1. The van der Waals surface area contributed by atoms with E-state index in [1.165, 1.54) is 7.11 Å². The van der Waals surface area contributed by atoms with E-state index in [9.17, 15) is 4.79 Å². The molecule has 2 N–H and O–H groups in total. The van der Waals surface area contributed by atoms with Crippen molar-refractivity contribution in [2.45, 2.75) is 0 Å². The van der Waals surface area contributed by atoms with Crippen LogP contribution >= 0.6 is 0 Å². The Morgan fingerprint density at radius 3 is 2.70 bits per heavy atom. The van der Waals surface area contributed by atoms with Gasteiger partial charge < -0.3 is 19.8 Å². The van der Waals surface area contributed by atoms with Gasteiger partial charge in [-0.3, -0.25) is 0 Å². The summed E-state index contributed by atoms with van der Waals surface area (Å²) in [4.78, 5) is 16.0. The zero-order valence-corrected chi connectivity index (χ0v) is 13.2. The molecule has 0 saturated heterocycles. The van der Waals surface area contributed by atoms with Crippen molar-refractivity contribution < 1.29 is 14.3 Å². The molecule has 0 atom stereocenters. The van der Waals surface area contributed by atoms with Gasteiger partial charge in [0.2, 0.25) is 5.88 Å². The molecule has 0 aliphatic rings. The first-order valence-electron chi connectivity index (χ1n) is 7.03. The number of methoxy groups -OCH3 is 2. The number of aryl methyl sites for hydroxylation is 1. The lowest BCUT2D eigenvalue weighted by Crippen LogP contribution is -2.02. The normalized spacial score (nSPS) is 10.7. The molecule has 2 aromatic heterocycles. The van der Waals surface area contributed by atoms with Crippen LogP contribution in [0.4, 0.5) is 5.69 Å². The zero-order chi connectivity index (χ0) is 16.6. The van der Waals surface area contributed by atoms with Crippen LogP contribution in [0.3, 0.4) is 0 Å². The summed E-state index contributed by atoms with van der Waals surface area (Å²) < 4.78 is 12.0. The summed E-state index contributed by atoms with van der Waals surface area (Å²) in [5, 5.41) is 0.952. The van der Waals surface area contributed by atoms with Crippen LogP contribution in [-0.4, -0.2) is 29.7 Å². The second-order valence-electron chi connectivity index (χ2n) is 5.16. The van der Waals surface area contributed by atoms with Crippen LogP contribution in [0.15, 0.2) is 36.7 Å². The van der Waals surface area contributed by atoms with Crippen molar-refractivity contribution in [1.29, 1.82) is 0 Å². The maximum Gasteiger partial charge on any atom is 0.337 e. The SMILES string of the molecule is COC(=O)c1ccc(N)c(-c2cn(C)c3c(OC)nccc23)c1. The molecule has 0 unspecified atom stereocenters. The monoisotopic (exact) mass is 311 g/mol. The third kappa shape index (κ3) is 2.38. The summed E-state index contributed by atoms with van der Waals surface area (Å²) in [7, 11) is 4.85. The third-order valence-corrected chi connectivity index (χ3v) is 3.81. The number of nitrogens with zero attached hydrogens (tertiary/aromatic N) is 2. The molecule has 0 spiro atoms. The summed E-state index contributed by atoms with van der Waals surface area (Å²) in [6, 6.07) is 7.00. The number of rotatable bonds is 3. The lowest BCUT2D eigenvalue weighted by molar-refractivity contribution is 0.0601. The van der Waals surface area contributed by atoms with Crippen molar-refractivity contribution >= 4 is 22.6 Å². The fourth-order valence-corrected chi connectivity index (χ4v) is 2.72. The van der Waals surface area contributed by atoms with E-state index in [2.05, 4.69) is 4.98 Å². The zero-order valence-electron chi connectivity index (χ0n) is 13.2. The number of pyridine rings is 1. The van der Waals surface area contributed by atoms with Crippen molar-refractivity contribution in [2.24, 2.45) is 7.05 Å². The average molecular weight is 311 g/mol. The molecule has 3 rings (SSSR count). The smallest absolute Gasteiger partial charge is 0.337 e. The van der Waals surface area contributed by atoms with E-state index < -0.39 is 5.97 Å². The van der Waals surface area contributed by atoms with Gasteiger partial charge in [-0.2, -0.15) is 0 Å². The number of fused-ring (bicyclic) bond motifs is 1. The Balaban J connectivity index is 2.27. The summed E-state index contributed by atoms with van der Waals surface area (Å²) in [5.41, 5.74) is 9.71. The molecule has 6 heteroatoms. The molecular formula is C17H17N3O3. The summed E-state index contributed by atoms with van der Waals surface area (Å²) in [6.07, 6.45) is 3.63. The number of esters is 1. The Kier molecular flexibility index (Phi) is 3.65. The fourth-order valence-electron chi connectivity index (χ4n) is 2.72. The summed E-state index contributed by atoms with van der Waals surface area (Å²) >= 11 is 0. The van der Waals surface area contributed by atoms with Gasteiger partial charge in [-0.15, -0.1) is 0 Å². The number of hydrogen-bond acceptors (Lipinski definition) is 5. The predicted molar refractivity (Wildman–Crippen MR) is 88.5 cm³/mol. The molecular weight excluding hydrogens is 294 g/mol. The molecule has 118 valence electrons. The molecule has 0 radical (unpaired) electrons. The molecule has 3 aromatic rings. The van der Waals surface area contributed by atoms with Crippen LogP contribution in [0.1, 0.15) is 10.4 Å². The highest BCUT2D eigenvalue weighted by atomic mass is 16.5. The number of nitrogens with two attached hydrogens (primary N) is 1. The third-order valence-electron chi connectivity index (χ3n) is 3.81. The second-order valence-corrected chi connectivity index (χ2v) is 5.16. The maximum atomic E-state index is 11.8. The number of nitrogen functional groups attached to an aromatic ring is 1. The Hall–Kier alpha value is -3.02. The first-order valence-corrected chi connectivity index (χ1v) is 7.03. The number of hydrogen-bond donors (Lipinski definition) is 1. The average Bonchev–Trinajstić information content (AvgIpc) is 2.91. The molecule has 0 amide bonds. The van der Waals surface area contributed by atoms with Gasteiger partial charge in [-0.25, -0.2) is 9.78 Å². The van der Waals surface area contributed by atoms with Gasteiger partial charge in [-0.05, 0) is 24.3 Å². The van der Waals surface area contributed by atoms with E-state index in [0.717, 1.165) is 22.0 Å². The van der Waals surface area contributed by atoms with Crippen LogP contribution in [0.2, 0.25) is 0 Å². The number of anilines is 1. The van der Waals surface area contributed by atoms with Crippen molar-refractivity contribution in [3.8, 4) is 17.0 Å². The number of benzene rings is 1. The van der Waals surface area contributed by atoms with Crippen LogP contribution in [0, 0.1) is 0 Å². The Morgan fingerprint density at radius 2 is 2.00 bits per heavy atom. The Labute approximate surface area is 133 Å². The minimum absolute atomic E-state index is 0.397. The van der Waals surface area contributed by atoms with Crippen LogP contribution < -0.4 is 10.5 Å². The van der Waals surface area contributed by atoms with E-state index in [1.54, 1.807) is 31.5 Å². The van der Waals surface area contributed by atoms with Gasteiger partial charge in [-0.1, -0.05) is 0 Å². The van der Waals surface area contributed by atoms with E-state index in [4.69, 9.17) is 15.2 Å². The Bertz CT molecular complexity index is 899. The molecule has 0 fully saturated rings. The van der Waals surface area contributed by atoms with Crippen LogP contribution in [-0.2, 0) is 11.8 Å². The van der Waals surface area contributed by atoms with E-state index in [0.29, 0.717) is 17.1 Å². The van der Waals surface area contributed by atoms with Crippen LogP contribution in [0.25, 0.3) is 22.0 Å². The van der Waals surface area contributed by atoms with Crippen LogP contribution in [0.5, 0.6) is 5.88 Å². The predicted octanol–water partition coefficient (Wildman–Crippen LogP) is 2.62. The van der Waals surface area contributed by atoms with Gasteiger partial charge in [0.1, 0.15) is 5.52 Å². The van der Waals surface area contributed by atoms with Gasteiger partial charge in [0.05, 0.1) is 19.8 Å². The highest BCUT2D eigenvalue weighted by molar-refractivity contribution is 6.02. The first kappa shape index (κ1) is 14.9. The summed E-state index contributed by atoms with van der Waals surface area (Å²) in [5.74, 6) is 0.143. The highest BCUT2D eigenvalue weighted by Crippen LogP contribution is 2.36. The van der Waals surface area contributed by atoms with Gasteiger partial charge in [0, 0.05) is 41.6 Å². The van der Waals surface area contributed by atoms with Crippen molar-refractivity contribution in [3.05, 3.63) is 42.2 Å².